The molecule has 0 spiro atoms. The average molecular weight is 249 g/mol. The Morgan fingerprint density at radius 3 is 2.35 bits per heavy atom. The highest BCUT2D eigenvalue weighted by molar-refractivity contribution is 7.84. The third kappa shape index (κ3) is 2.91. The smallest absolute Gasteiger partial charge is 0.123 e. The van der Waals surface area contributed by atoms with Crippen LogP contribution in [0.2, 0.25) is 0 Å². The second kappa shape index (κ2) is 5.10. The van der Waals surface area contributed by atoms with Gasteiger partial charge in [-0.15, -0.1) is 0 Å². The molecule has 2 aromatic carbocycles. The molecule has 0 saturated heterocycles. The summed E-state index contributed by atoms with van der Waals surface area (Å²) in [5.74, 6) is 0.0489. The molecule has 17 heavy (non-hydrogen) atoms. The largest absolute Gasteiger partial charge is 0.398 e. The van der Waals surface area contributed by atoms with Gasteiger partial charge in [-0.2, -0.15) is 0 Å². The van der Waals surface area contributed by atoms with Crippen LogP contribution in [0.25, 0.3) is 0 Å². The lowest BCUT2D eigenvalue weighted by atomic mass is 10.2. The van der Waals surface area contributed by atoms with Gasteiger partial charge in [0.2, 0.25) is 0 Å². The first-order valence-electron chi connectivity index (χ1n) is 5.14. The number of para-hydroxylation sites is 1. The third-order valence-electron chi connectivity index (χ3n) is 2.38. The van der Waals surface area contributed by atoms with Gasteiger partial charge in [-0.3, -0.25) is 4.21 Å². The van der Waals surface area contributed by atoms with Crippen molar-refractivity contribution in [1.29, 1.82) is 0 Å². The predicted octanol–water partition coefficient (Wildman–Crippen LogP) is 2.72. The molecule has 88 valence electrons. The summed E-state index contributed by atoms with van der Waals surface area (Å²) in [5.41, 5.74) is 7.09. The summed E-state index contributed by atoms with van der Waals surface area (Å²) in [6.45, 7) is 0. The van der Waals surface area contributed by atoms with Gasteiger partial charge in [0.15, 0.2) is 0 Å². The monoisotopic (exact) mass is 249 g/mol. The Bertz CT molecular complexity index is 539. The van der Waals surface area contributed by atoms with Crippen molar-refractivity contribution in [2.45, 2.75) is 10.6 Å². The van der Waals surface area contributed by atoms with Crippen LogP contribution in [0, 0.1) is 5.82 Å². The van der Waals surface area contributed by atoms with Crippen LogP contribution in [0.1, 0.15) is 5.56 Å². The highest BCUT2D eigenvalue weighted by Crippen LogP contribution is 2.18. The van der Waals surface area contributed by atoms with Crippen LogP contribution in [-0.2, 0) is 16.6 Å². The van der Waals surface area contributed by atoms with Crippen molar-refractivity contribution in [3.63, 3.8) is 0 Å². The maximum absolute atomic E-state index is 12.7. The van der Waals surface area contributed by atoms with E-state index >= 15 is 0 Å². The molecular weight excluding hydrogens is 237 g/mol. The first-order valence-corrected chi connectivity index (χ1v) is 6.46. The zero-order chi connectivity index (χ0) is 12.3. The van der Waals surface area contributed by atoms with Crippen molar-refractivity contribution in [3.05, 3.63) is 59.9 Å². The molecule has 2 rings (SSSR count). The molecular formula is C13H12FNOS. The highest BCUT2D eigenvalue weighted by Gasteiger charge is 2.08. The van der Waals surface area contributed by atoms with E-state index in [1.165, 1.54) is 12.1 Å². The van der Waals surface area contributed by atoms with E-state index < -0.39 is 10.8 Å². The van der Waals surface area contributed by atoms with Crippen LogP contribution in [0.5, 0.6) is 0 Å². The first-order chi connectivity index (χ1) is 8.16. The summed E-state index contributed by atoms with van der Waals surface area (Å²) >= 11 is 0. The standard InChI is InChI=1S/C13H12FNOS/c14-11-7-5-10(6-8-11)9-17(16)13-4-2-1-3-12(13)15/h1-8H,9,15H2. The van der Waals surface area contributed by atoms with E-state index in [0.29, 0.717) is 16.3 Å². The molecule has 0 saturated carbocycles. The van der Waals surface area contributed by atoms with Gasteiger partial charge in [-0.1, -0.05) is 24.3 Å². The van der Waals surface area contributed by atoms with Crippen molar-refractivity contribution in [3.8, 4) is 0 Å². The Morgan fingerprint density at radius 1 is 1.06 bits per heavy atom. The average Bonchev–Trinajstić information content (AvgIpc) is 2.32. The van der Waals surface area contributed by atoms with Gasteiger partial charge < -0.3 is 5.73 Å². The number of hydrogen-bond donors (Lipinski definition) is 1. The Morgan fingerprint density at radius 2 is 1.71 bits per heavy atom. The number of benzene rings is 2. The molecule has 0 radical (unpaired) electrons. The summed E-state index contributed by atoms with van der Waals surface area (Å²) in [6, 6.07) is 13.1. The van der Waals surface area contributed by atoms with Crippen LogP contribution >= 0.6 is 0 Å². The number of hydrogen-bond acceptors (Lipinski definition) is 2. The quantitative estimate of drug-likeness (QED) is 0.850. The molecule has 0 fully saturated rings. The number of anilines is 1. The minimum atomic E-state index is -1.20. The van der Waals surface area contributed by atoms with Gasteiger partial charge in [0.05, 0.1) is 21.4 Å². The molecule has 1 unspecified atom stereocenters. The maximum atomic E-state index is 12.7. The molecule has 2 N–H and O–H groups in total. The minimum absolute atomic E-state index is 0.293. The summed E-state index contributed by atoms with van der Waals surface area (Å²) in [6.07, 6.45) is 0. The van der Waals surface area contributed by atoms with Gasteiger partial charge >= 0.3 is 0 Å². The van der Waals surface area contributed by atoms with E-state index in [1.54, 1.807) is 36.4 Å². The lowest BCUT2D eigenvalue weighted by molar-refractivity contribution is 0.627. The number of rotatable bonds is 3. The highest BCUT2D eigenvalue weighted by atomic mass is 32.2. The van der Waals surface area contributed by atoms with Crippen LogP contribution in [0.3, 0.4) is 0 Å². The molecule has 1 atom stereocenters. The second-order valence-electron chi connectivity index (χ2n) is 3.65. The molecule has 4 heteroatoms. The molecule has 0 amide bonds. The van der Waals surface area contributed by atoms with E-state index in [1.807, 2.05) is 0 Å². The van der Waals surface area contributed by atoms with E-state index in [0.717, 1.165) is 5.56 Å². The van der Waals surface area contributed by atoms with Gasteiger partial charge in [-0.25, -0.2) is 4.39 Å². The number of nitrogen functional groups attached to an aromatic ring is 1. The minimum Gasteiger partial charge on any atom is -0.398 e. The van der Waals surface area contributed by atoms with Crippen LogP contribution < -0.4 is 5.73 Å². The van der Waals surface area contributed by atoms with E-state index in [4.69, 9.17) is 5.73 Å². The summed E-state index contributed by atoms with van der Waals surface area (Å²) < 4.78 is 24.8. The third-order valence-corrected chi connectivity index (χ3v) is 3.83. The van der Waals surface area contributed by atoms with E-state index in [2.05, 4.69) is 0 Å². The van der Waals surface area contributed by atoms with E-state index in [9.17, 15) is 8.60 Å². The van der Waals surface area contributed by atoms with Crippen molar-refractivity contribution in [1.82, 2.24) is 0 Å². The lowest BCUT2D eigenvalue weighted by Gasteiger charge is -2.05. The van der Waals surface area contributed by atoms with Crippen molar-refractivity contribution in [2.75, 3.05) is 5.73 Å². The molecule has 0 aliphatic heterocycles. The molecule has 0 bridgehead atoms. The van der Waals surface area contributed by atoms with Gasteiger partial charge in [0, 0.05) is 5.69 Å². The van der Waals surface area contributed by atoms with Crippen molar-refractivity contribution >= 4 is 16.5 Å². The summed E-state index contributed by atoms with van der Waals surface area (Å²) in [5, 5.41) is 0. The normalized spacial score (nSPS) is 12.3. The zero-order valence-electron chi connectivity index (χ0n) is 9.10. The van der Waals surface area contributed by atoms with Gasteiger partial charge in [0.1, 0.15) is 5.82 Å². The molecule has 2 nitrogen and oxygen atoms in total. The molecule has 0 aliphatic rings. The number of halogens is 1. The predicted molar refractivity (Wildman–Crippen MR) is 67.4 cm³/mol. The first kappa shape index (κ1) is 11.8. The topological polar surface area (TPSA) is 43.1 Å². The number of nitrogens with two attached hydrogens (primary N) is 1. The molecule has 0 aromatic heterocycles. The molecule has 2 aromatic rings. The Kier molecular flexibility index (Phi) is 3.54. The zero-order valence-corrected chi connectivity index (χ0v) is 9.91. The lowest BCUT2D eigenvalue weighted by Crippen LogP contribution is -2.00. The maximum Gasteiger partial charge on any atom is 0.123 e. The SMILES string of the molecule is Nc1ccccc1S(=O)Cc1ccc(F)cc1. The van der Waals surface area contributed by atoms with E-state index in [-0.39, 0.29) is 5.82 Å². The Balaban J connectivity index is 2.17. The molecule has 0 aliphatic carbocycles. The Labute approximate surface area is 102 Å². The van der Waals surface area contributed by atoms with Crippen molar-refractivity contribution in [2.24, 2.45) is 0 Å². The fraction of sp³-hybridized carbons (Fsp3) is 0.0769. The van der Waals surface area contributed by atoms with Crippen molar-refractivity contribution < 1.29 is 8.60 Å². The Hall–Kier alpha value is -1.68. The molecule has 0 heterocycles. The van der Waals surface area contributed by atoms with Crippen LogP contribution in [0.15, 0.2) is 53.4 Å². The van der Waals surface area contributed by atoms with Gasteiger partial charge in [-0.05, 0) is 29.8 Å². The van der Waals surface area contributed by atoms with Crippen LogP contribution in [-0.4, -0.2) is 4.21 Å². The summed E-state index contributed by atoms with van der Waals surface area (Å²) in [4.78, 5) is 0.622. The second-order valence-corrected chi connectivity index (χ2v) is 5.07. The van der Waals surface area contributed by atoms with Crippen LogP contribution in [0.4, 0.5) is 10.1 Å². The van der Waals surface area contributed by atoms with Gasteiger partial charge in [0.25, 0.3) is 0 Å². The fourth-order valence-electron chi connectivity index (χ4n) is 1.50. The fourth-order valence-corrected chi connectivity index (χ4v) is 2.71. The summed E-state index contributed by atoms with van der Waals surface area (Å²) in [7, 11) is -1.20.